The maximum absolute atomic E-state index is 11.8. The Hall–Kier alpha value is -2.01. The Morgan fingerprint density at radius 2 is 1.86 bits per heavy atom. The highest BCUT2D eigenvalue weighted by atomic mass is 79.9. The smallest absolute Gasteiger partial charge is 0.319 e. The molecule has 2 aromatic rings. The molecule has 2 rings (SSSR count). The first-order valence-corrected chi connectivity index (χ1v) is 7.99. The lowest BCUT2D eigenvalue weighted by Gasteiger charge is -2.09. The molecule has 5 heteroatoms. The molecule has 0 unspecified atom stereocenters. The van der Waals surface area contributed by atoms with Gasteiger partial charge in [0.2, 0.25) is 0 Å². The van der Waals surface area contributed by atoms with Gasteiger partial charge >= 0.3 is 6.03 Å². The zero-order valence-corrected chi connectivity index (χ0v) is 14.0. The van der Waals surface area contributed by atoms with Crippen LogP contribution >= 0.6 is 15.9 Å². The molecule has 0 radical (unpaired) electrons. The largest absolute Gasteiger partial charge is 0.494 e. The first-order valence-electron chi connectivity index (χ1n) is 7.20. The van der Waals surface area contributed by atoms with Crippen LogP contribution in [0.25, 0.3) is 0 Å². The fourth-order valence-corrected chi connectivity index (χ4v) is 2.47. The lowest BCUT2D eigenvalue weighted by atomic mass is 10.1. The monoisotopic (exact) mass is 362 g/mol. The fraction of sp³-hybridized carbons (Fsp3) is 0.235. The first kappa shape index (κ1) is 16.4. The van der Waals surface area contributed by atoms with Gasteiger partial charge in [0.05, 0.1) is 6.61 Å². The second kappa shape index (κ2) is 8.44. The lowest BCUT2D eigenvalue weighted by molar-refractivity contribution is 0.252. The molecule has 0 aromatic heterocycles. The number of amides is 2. The summed E-state index contributed by atoms with van der Waals surface area (Å²) < 4.78 is 6.42. The lowest BCUT2D eigenvalue weighted by Crippen LogP contribution is -2.30. The van der Waals surface area contributed by atoms with Crippen LogP contribution in [0, 0.1) is 0 Å². The van der Waals surface area contributed by atoms with Gasteiger partial charge in [0.25, 0.3) is 0 Å². The van der Waals surface area contributed by atoms with Crippen LogP contribution in [0.15, 0.2) is 53.0 Å². The van der Waals surface area contributed by atoms with Crippen LogP contribution in [0.1, 0.15) is 12.5 Å². The van der Waals surface area contributed by atoms with E-state index in [9.17, 15) is 4.79 Å². The summed E-state index contributed by atoms with van der Waals surface area (Å²) in [6, 6.07) is 15.1. The Labute approximate surface area is 139 Å². The van der Waals surface area contributed by atoms with E-state index in [2.05, 4.69) is 26.6 Å². The SMILES string of the molecule is CCOc1ccc(NC(=O)NCCc2ccccc2Br)cc1. The van der Waals surface area contributed by atoms with Crippen LogP contribution < -0.4 is 15.4 Å². The van der Waals surface area contributed by atoms with Crippen LogP contribution in [0.2, 0.25) is 0 Å². The Kier molecular flexibility index (Phi) is 6.27. The zero-order chi connectivity index (χ0) is 15.8. The molecule has 0 aliphatic carbocycles. The van der Waals surface area contributed by atoms with Crippen molar-refractivity contribution in [3.63, 3.8) is 0 Å². The molecule has 0 aliphatic heterocycles. The Balaban J connectivity index is 1.77. The van der Waals surface area contributed by atoms with Crippen molar-refractivity contribution in [3.8, 4) is 5.75 Å². The number of urea groups is 1. The Morgan fingerprint density at radius 3 is 2.55 bits per heavy atom. The maximum Gasteiger partial charge on any atom is 0.319 e. The number of carbonyl (C=O) groups excluding carboxylic acids is 1. The minimum atomic E-state index is -0.212. The van der Waals surface area contributed by atoms with Gasteiger partial charge in [-0.1, -0.05) is 34.1 Å². The van der Waals surface area contributed by atoms with Crippen molar-refractivity contribution in [3.05, 3.63) is 58.6 Å². The molecule has 2 N–H and O–H groups in total. The molecule has 0 saturated heterocycles. The van der Waals surface area contributed by atoms with E-state index in [1.165, 1.54) is 5.56 Å². The molecule has 22 heavy (non-hydrogen) atoms. The van der Waals surface area contributed by atoms with Crippen LogP contribution in [-0.4, -0.2) is 19.2 Å². The Bertz CT molecular complexity index is 614. The van der Waals surface area contributed by atoms with Crippen LogP contribution in [-0.2, 0) is 6.42 Å². The van der Waals surface area contributed by atoms with E-state index in [1.807, 2.05) is 55.5 Å². The average Bonchev–Trinajstić information content (AvgIpc) is 2.51. The number of nitrogens with one attached hydrogen (secondary N) is 2. The zero-order valence-electron chi connectivity index (χ0n) is 12.4. The minimum absolute atomic E-state index is 0.212. The summed E-state index contributed by atoms with van der Waals surface area (Å²) in [5.41, 5.74) is 1.91. The quantitative estimate of drug-likeness (QED) is 0.808. The number of hydrogen-bond donors (Lipinski definition) is 2. The summed E-state index contributed by atoms with van der Waals surface area (Å²) in [6.45, 7) is 3.14. The van der Waals surface area contributed by atoms with Gasteiger partial charge in [0.15, 0.2) is 0 Å². The molecule has 0 bridgehead atoms. The normalized spacial score (nSPS) is 10.1. The molecule has 0 fully saturated rings. The van der Waals surface area contributed by atoms with E-state index >= 15 is 0 Å². The molecule has 0 saturated carbocycles. The van der Waals surface area contributed by atoms with E-state index in [-0.39, 0.29) is 6.03 Å². The van der Waals surface area contributed by atoms with Gasteiger partial charge in [-0.2, -0.15) is 0 Å². The predicted octanol–water partition coefficient (Wildman–Crippen LogP) is 4.21. The van der Waals surface area contributed by atoms with E-state index in [0.717, 1.165) is 22.3 Å². The Morgan fingerprint density at radius 1 is 1.14 bits per heavy atom. The fourth-order valence-electron chi connectivity index (χ4n) is 1.99. The number of ether oxygens (including phenoxy) is 1. The maximum atomic E-state index is 11.8. The second-order valence-corrected chi connectivity index (χ2v) is 5.53. The van der Waals surface area contributed by atoms with Gasteiger partial charge in [-0.05, 0) is 49.2 Å². The number of anilines is 1. The van der Waals surface area contributed by atoms with Crippen LogP contribution in [0.4, 0.5) is 10.5 Å². The molecule has 2 aromatic carbocycles. The van der Waals surface area contributed by atoms with E-state index in [4.69, 9.17) is 4.74 Å². The highest BCUT2D eigenvalue weighted by molar-refractivity contribution is 9.10. The van der Waals surface area contributed by atoms with E-state index in [0.29, 0.717) is 13.2 Å². The third-order valence-corrected chi connectivity index (χ3v) is 3.83. The van der Waals surface area contributed by atoms with Gasteiger partial charge in [-0.15, -0.1) is 0 Å². The number of benzene rings is 2. The third-order valence-electron chi connectivity index (χ3n) is 3.06. The van der Waals surface area contributed by atoms with Crippen molar-refractivity contribution in [2.24, 2.45) is 0 Å². The molecule has 4 nitrogen and oxygen atoms in total. The van der Waals surface area contributed by atoms with E-state index < -0.39 is 0 Å². The standard InChI is InChI=1S/C17H19BrN2O2/c1-2-22-15-9-7-14(8-10-15)20-17(21)19-12-11-13-5-3-4-6-16(13)18/h3-10H,2,11-12H2,1H3,(H2,19,20,21). The van der Waals surface area contributed by atoms with Crippen LogP contribution in [0.3, 0.4) is 0 Å². The van der Waals surface area contributed by atoms with Crippen molar-refractivity contribution in [1.29, 1.82) is 0 Å². The molecule has 0 atom stereocenters. The molecule has 0 aliphatic rings. The molecule has 0 spiro atoms. The molecular formula is C17H19BrN2O2. The number of hydrogen-bond acceptors (Lipinski definition) is 2. The summed E-state index contributed by atoms with van der Waals surface area (Å²) >= 11 is 3.50. The highest BCUT2D eigenvalue weighted by Crippen LogP contribution is 2.16. The topological polar surface area (TPSA) is 50.4 Å². The molecule has 116 valence electrons. The number of rotatable bonds is 6. The first-order chi connectivity index (χ1) is 10.7. The minimum Gasteiger partial charge on any atom is -0.494 e. The van der Waals surface area contributed by atoms with Crippen molar-refractivity contribution < 1.29 is 9.53 Å². The van der Waals surface area contributed by atoms with Crippen molar-refractivity contribution in [2.75, 3.05) is 18.5 Å². The van der Waals surface area contributed by atoms with E-state index in [1.54, 1.807) is 0 Å². The predicted molar refractivity (Wildman–Crippen MR) is 92.5 cm³/mol. The third kappa shape index (κ3) is 5.07. The molecule has 0 heterocycles. The van der Waals surface area contributed by atoms with Crippen molar-refractivity contribution in [1.82, 2.24) is 5.32 Å². The number of halogens is 1. The van der Waals surface area contributed by atoms with Gasteiger partial charge in [-0.3, -0.25) is 0 Å². The van der Waals surface area contributed by atoms with Gasteiger partial charge in [-0.25, -0.2) is 4.79 Å². The van der Waals surface area contributed by atoms with Gasteiger partial charge in [0.1, 0.15) is 5.75 Å². The second-order valence-electron chi connectivity index (χ2n) is 4.68. The van der Waals surface area contributed by atoms with Gasteiger partial charge < -0.3 is 15.4 Å². The molecular weight excluding hydrogens is 344 g/mol. The van der Waals surface area contributed by atoms with Crippen molar-refractivity contribution in [2.45, 2.75) is 13.3 Å². The summed E-state index contributed by atoms with van der Waals surface area (Å²) in [4.78, 5) is 11.8. The summed E-state index contributed by atoms with van der Waals surface area (Å²) in [5, 5.41) is 5.64. The summed E-state index contributed by atoms with van der Waals surface area (Å²) in [5.74, 6) is 0.794. The van der Waals surface area contributed by atoms with Gasteiger partial charge in [0, 0.05) is 16.7 Å². The molecule has 2 amide bonds. The van der Waals surface area contributed by atoms with Crippen LogP contribution in [0.5, 0.6) is 5.75 Å². The number of carbonyl (C=O) groups is 1. The highest BCUT2D eigenvalue weighted by Gasteiger charge is 2.03. The summed E-state index contributed by atoms with van der Waals surface area (Å²) in [7, 11) is 0. The summed E-state index contributed by atoms with van der Waals surface area (Å²) in [6.07, 6.45) is 0.776. The average molecular weight is 363 g/mol. The van der Waals surface area contributed by atoms with Crippen molar-refractivity contribution >= 4 is 27.6 Å².